The number of methoxy groups -OCH3 is 1. The van der Waals surface area contributed by atoms with E-state index < -0.39 is 16.8 Å². The number of nitro benzene ring substituents is 1. The second-order valence-electron chi connectivity index (χ2n) is 6.82. The van der Waals surface area contributed by atoms with Crippen LogP contribution in [0, 0.1) is 32.8 Å². The zero-order valence-electron chi connectivity index (χ0n) is 18.2. The number of carbonyl (C=O) groups excluding carboxylic acids is 2. The van der Waals surface area contributed by atoms with Gasteiger partial charge in [0.2, 0.25) is 0 Å². The smallest absolute Gasteiger partial charge is 0.354 e. The van der Waals surface area contributed by atoms with E-state index in [1.165, 1.54) is 12.1 Å². The number of carbonyl (C=O) groups is 2. The quantitative estimate of drug-likeness (QED) is 0.233. The first-order valence-electron chi connectivity index (χ1n) is 9.95. The van der Waals surface area contributed by atoms with Gasteiger partial charge in [-0.05, 0) is 29.8 Å². The lowest BCUT2D eigenvalue weighted by Gasteiger charge is -2.22. The van der Waals surface area contributed by atoms with Gasteiger partial charge in [0.05, 0.1) is 47.6 Å². The van der Waals surface area contributed by atoms with Crippen LogP contribution in [0.1, 0.15) is 28.8 Å². The molecule has 34 heavy (non-hydrogen) atoms. The molecular weight excluding hydrogens is 462 g/mol. The van der Waals surface area contributed by atoms with Gasteiger partial charge in [-0.25, -0.2) is 4.79 Å². The Labute approximate surface area is 200 Å². The summed E-state index contributed by atoms with van der Waals surface area (Å²) in [6, 6.07) is 14.4. The molecule has 0 saturated heterocycles. The number of esters is 1. The fourth-order valence-corrected chi connectivity index (χ4v) is 3.14. The zero-order chi connectivity index (χ0) is 25.1. The Kier molecular flexibility index (Phi) is 9.56. The van der Waals surface area contributed by atoms with Crippen molar-refractivity contribution in [3.05, 3.63) is 74.4 Å². The molecule has 0 aliphatic carbocycles. The van der Waals surface area contributed by atoms with Gasteiger partial charge in [-0.2, -0.15) is 10.5 Å². The number of rotatable bonds is 10. The number of halogens is 1. The van der Waals surface area contributed by atoms with Crippen LogP contribution in [0.15, 0.2) is 48.2 Å². The molecule has 0 saturated carbocycles. The van der Waals surface area contributed by atoms with E-state index in [0.29, 0.717) is 31.5 Å². The molecule has 0 aromatic heterocycles. The fraction of sp³-hybridized carbons (Fsp3) is 0.217. The monoisotopic (exact) mass is 481 g/mol. The summed E-state index contributed by atoms with van der Waals surface area (Å²) in [6.45, 7) is 0.918. The highest BCUT2D eigenvalue weighted by atomic mass is 35.5. The predicted octanol–water partition coefficient (Wildman–Crippen LogP) is 3.83. The van der Waals surface area contributed by atoms with Gasteiger partial charge in [0, 0.05) is 30.9 Å². The summed E-state index contributed by atoms with van der Waals surface area (Å²) >= 11 is 6.01. The summed E-state index contributed by atoms with van der Waals surface area (Å²) < 4.78 is 4.73. The van der Waals surface area contributed by atoms with E-state index in [9.17, 15) is 19.7 Å². The molecule has 2 rings (SSSR count). The lowest BCUT2D eigenvalue weighted by atomic mass is 10.1. The molecular formula is C23H20ClN5O5. The van der Waals surface area contributed by atoms with E-state index in [4.69, 9.17) is 26.9 Å². The Morgan fingerprint density at radius 1 is 1.15 bits per heavy atom. The van der Waals surface area contributed by atoms with Crippen molar-refractivity contribution in [3.63, 3.8) is 0 Å². The number of ether oxygens (including phenoxy) is 1. The molecule has 174 valence electrons. The van der Waals surface area contributed by atoms with Crippen molar-refractivity contribution in [2.75, 3.05) is 25.1 Å². The Hall–Kier alpha value is -4.41. The molecule has 2 aromatic carbocycles. The van der Waals surface area contributed by atoms with E-state index in [-0.39, 0.29) is 22.0 Å². The molecule has 0 aliphatic heterocycles. The van der Waals surface area contributed by atoms with Crippen LogP contribution in [0.5, 0.6) is 0 Å². The van der Waals surface area contributed by atoms with E-state index >= 15 is 0 Å². The summed E-state index contributed by atoms with van der Waals surface area (Å²) in [5.74, 6) is -1.65. The van der Waals surface area contributed by atoms with Crippen molar-refractivity contribution < 1.29 is 19.2 Å². The SMILES string of the molecule is COC(=O)/C(=C\c1ccc(N(CCC#N)CCC#N)cc1)NC(=O)c1cc([N+](=O)[O-])ccc1Cl. The van der Waals surface area contributed by atoms with Gasteiger partial charge in [0.25, 0.3) is 11.6 Å². The van der Waals surface area contributed by atoms with Gasteiger partial charge in [-0.1, -0.05) is 23.7 Å². The molecule has 0 unspecified atom stereocenters. The van der Waals surface area contributed by atoms with Crippen LogP contribution in [0.25, 0.3) is 6.08 Å². The number of non-ortho nitro benzene ring substituents is 1. The second-order valence-corrected chi connectivity index (χ2v) is 7.23. The molecule has 11 heteroatoms. The van der Waals surface area contributed by atoms with Crippen LogP contribution >= 0.6 is 11.6 Å². The standard InChI is InChI=1S/C23H20ClN5O5/c1-34-23(31)21(27-22(30)19-15-18(29(32)33)8-9-20(19)24)14-16-4-6-17(7-5-16)28(12-2-10-25)13-3-11-26/h4-9,14-15H,2-3,12-13H2,1H3,(H,27,30)/b21-14+. The lowest BCUT2D eigenvalue weighted by Crippen LogP contribution is -2.28. The summed E-state index contributed by atoms with van der Waals surface area (Å²) in [5.41, 5.74) is 0.635. The minimum absolute atomic E-state index is 0.0218. The van der Waals surface area contributed by atoms with E-state index in [1.807, 2.05) is 4.90 Å². The summed E-state index contributed by atoms with van der Waals surface area (Å²) in [4.78, 5) is 37.2. The van der Waals surface area contributed by atoms with Crippen LogP contribution in [-0.4, -0.2) is 37.0 Å². The number of nitrogens with zero attached hydrogens (tertiary/aromatic N) is 4. The van der Waals surface area contributed by atoms with Crippen molar-refractivity contribution >= 4 is 40.9 Å². The van der Waals surface area contributed by atoms with Crippen LogP contribution in [0.3, 0.4) is 0 Å². The van der Waals surface area contributed by atoms with Gasteiger partial charge >= 0.3 is 5.97 Å². The van der Waals surface area contributed by atoms with Crippen molar-refractivity contribution in [1.82, 2.24) is 5.32 Å². The van der Waals surface area contributed by atoms with Gasteiger partial charge in [0.1, 0.15) is 5.70 Å². The maximum atomic E-state index is 12.7. The predicted molar refractivity (Wildman–Crippen MR) is 125 cm³/mol. The Bertz CT molecular complexity index is 1160. The highest BCUT2D eigenvalue weighted by Gasteiger charge is 2.20. The van der Waals surface area contributed by atoms with Crippen molar-refractivity contribution in [1.29, 1.82) is 10.5 Å². The molecule has 10 nitrogen and oxygen atoms in total. The number of nitriles is 2. The Morgan fingerprint density at radius 2 is 1.76 bits per heavy atom. The number of amides is 1. The van der Waals surface area contributed by atoms with Gasteiger partial charge in [-0.15, -0.1) is 0 Å². The zero-order valence-corrected chi connectivity index (χ0v) is 18.9. The molecule has 1 N–H and O–H groups in total. The minimum Gasteiger partial charge on any atom is -0.464 e. The van der Waals surface area contributed by atoms with Crippen LogP contribution in [-0.2, 0) is 9.53 Å². The highest BCUT2D eigenvalue weighted by molar-refractivity contribution is 6.34. The number of hydrogen-bond acceptors (Lipinski definition) is 8. The third-order valence-corrected chi connectivity index (χ3v) is 4.94. The topological polar surface area (TPSA) is 149 Å². The van der Waals surface area contributed by atoms with Crippen molar-refractivity contribution in [2.45, 2.75) is 12.8 Å². The molecule has 0 atom stereocenters. The maximum Gasteiger partial charge on any atom is 0.354 e. The maximum absolute atomic E-state index is 12.7. The molecule has 0 heterocycles. The number of hydrogen-bond donors (Lipinski definition) is 1. The average molecular weight is 482 g/mol. The van der Waals surface area contributed by atoms with Crippen LogP contribution < -0.4 is 10.2 Å². The number of nitrogens with one attached hydrogen (secondary N) is 1. The van der Waals surface area contributed by atoms with E-state index in [2.05, 4.69) is 17.5 Å². The lowest BCUT2D eigenvalue weighted by molar-refractivity contribution is -0.384. The Morgan fingerprint density at radius 3 is 2.29 bits per heavy atom. The average Bonchev–Trinajstić information content (AvgIpc) is 2.83. The molecule has 0 bridgehead atoms. The second kappa shape index (κ2) is 12.6. The molecule has 2 aromatic rings. The third kappa shape index (κ3) is 7.05. The highest BCUT2D eigenvalue weighted by Crippen LogP contribution is 2.23. The first-order valence-corrected chi connectivity index (χ1v) is 10.3. The van der Waals surface area contributed by atoms with E-state index in [1.54, 1.807) is 24.3 Å². The number of benzene rings is 2. The normalized spacial score (nSPS) is 10.5. The number of anilines is 1. The summed E-state index contributed by atoms with van der Waals surface area (Å²) in [5, 5.41) is 31.1. The molecule has 0 fully saturated rings. The van der Waals surface area contributed by atoms with Gasteiger partial charge in [0.15, 0.2) is 0 Å². The van der Waals surface area contributed by atoms with Crippen molar-refractivity contribution in [2.24, 2.45) is 0 Å². The largest absolute Gasteiger partial charge is 0.464 e. The first-order chi connectivity index (χ1) is 16.3. The van der Waals surface area contributed by atoms with Crippen LogP contribution in [0.2, 0.25) is 5.02 Å². The Balaban J connectivity index is 2.30. The molecule has 0 radical (unpaired) electrons. The van der Waals surface area contributed by atoms with Gasteiger partial charge < -0.3 is 15.0 Å². The van der Waals surface area contributed by atoms with E-state index in [0.717, 1.165) is 24.9 Å². The summed E-state index contributed by atoms with van der Waals surface area (Å²) in [7, 11) is 1.15. The van der Waals surface area contributed by atoms with Crippen molar-refractivity contribution in [3.8, 4) is 12.1 Å². The minimum atomic E-state index is -0.830. The molecule has 1 amide bonds. The molecule has 0 aliphatic rings. The number of nitro groups is 1. The first kappa shape index (κ1) is 25.8. The van der Waals surface area contributed by atoms with Crippen LogP contribution in [0.4, 0.5) is 11.4 Å². The fourth-order valence-electron chi connectivity index (χ4n) is 2.93. The van der Waals surface area contributed by atoms with Gasteiger partial charge in [-0.3, -0.25) is 14.9 Å². The third-order valence-electron chi connectivity index (χ3n) is 4.62. The summed E-state index contributed by atoms with van der Waals surface area (Å²) in [6.07, 6.45) is 1.98. The molecule has 0 spiro atoms.